The maximum atomic E-state index is 13.7. The fourth-order valence-electron chi connectivity index (χ4n) is 6.08. The van der Waals surface area contributed by atoms with Gasteiger partial charge in [0.25, 0.3) is 0 Å². The molecule has 0 bridgehead atoms. The topological polar surface area (TPSA) is 75.7 Å². The molecule has 1 saturated heterocycles. The first-order valence-corrected chi connectivity index (χ1v) is 13.9. The molecule has 0 spiro atoms. The summed E-state index contributed by atoms with van der Waals surface area (Å²) in [7, 11) is 0. The summed E-state index contributed by atoms with van der Waals surface area (Å²) in [5.74, 6) is -1.72. The summed E-state index contributed by atoms with van der Waals surface area (Å²) >= 11 is 0. The van der Waals surface area contributed by atoms with Crippen LogP contribution in [0.3, 0.4) is 0 Å². The van der Waals surface area contributed by atoms with Gasteiger partial charge in [-0.1, -0.05) is 29.9 Å². The van der Waals surface area contributed by atoms with Gasteiger partial charge in [0.05, 0.1) is 12.2 Å². The second-order valence-corrected chi connectivity index (χ2v) is 10.7. The van der Waals surface area contributed by atoms with Crippen LogP contribution in [-0.4, -0.2) is 35.8 Å². The number of fused-ring (bicyclic) bond motifs is 1. The monoisotopic (exact) mass is 546 g/mol. The van der Waals surface area contributed by atoms with Crippen molar-refractivity contribution in [2.75, 3.05) is 13.2 Å². The number of hydrogen-bond acceptors (Lipinski definition) is 4. The Morgan fingerprint density at radius 3 is 2.67 bits per heavy atom. The lowest BCUT2D eigenvalue weighted by molar-refractivity contribution is -0.162. The van der Waals surface area contributed by atoms with Crippen LogP contribution in [0.2, 0.25) is 0 Å². The first kappa shape index (κ1) is 28.9. The second-order valence-electron chi connectivity index (χ2n) is 10.7. The Bertz CT molecular complexity index is 1140. The number of amides is 2. The molecule has 4 rings (SSSR count). The largest absolute Gasteiger partial charge is 0.465 e. The summed E-state index contributed by atoms with van der Waals surface area (Å²) in [5, 5.41) is 2.67. The Morgan fingerprint density at radius 2 is 1.95 bits per heavy atom. The number of nitrogens with one attached hydrogen (secondary N) is 1. The lowest BCUT2D eigenvalue weighted by Gasteiger charge is -2.48. The van der Waals surface area contributed by atoms with E-state index < -0.39 is 29.0 Å². The predicted molar refractivity (Wildman–Crippen MR) is 140 cm³/mol. The van der Waals surface area contributed by atoms with Crippen LogP contribution in [0, 0.1) is 11.3 Å². The van der Waals surface area contributed by atoms with E-state index in [0.717, 1.165) is 50.7 Å². The molecule has 1 aromatic rings. The molecule has 212 valence electrons. The SMILES string of the molecule is CCOC(=O)[C@]12CCCC=C1N(CCC1=CCCCC1)C(=O)[C@H](CC(=O)NCc1cccc(C(F)(F)F)c1)C2. The summed E-state index contributed by atoms with van der Waals surface area (Å²) in [4.78, 5) is 41.8. The standard InChI is InChI=1S/C30H37F3N2O4/c1-2-39-28(38)29-15-7-6-13-25(29)35(16-14-21-9-4-3-5-10-21)27(37)23(19-29)18-26(36)34-20-22-11-8-12-24(17-22)30(31,32)33/h8-9,11-13,17,23H,2-7,10,14-16,18-20H2,1H3,(H,34,36)/t23-,29+/m1/s1. The first-order chi connectivity index (χ1) is 18.6. The van der Waals surface area contributed by atoms with Crippen molar-refractivity contribution in [2.24, 2.45) is 11.3 Å². The van der Waals surface area contributed by atoms with Crippen LogP contribution in [0.5, 0.6) is 0 Å². The van der Waals surface area contributed by atoms with Crippen molar-refractivity contribution < 1.29 is 32.3 Å². The van der Waals surface area contributed by atoms with E-state index in [1.54, 1.807) is 11.8 Å². The Balaban J connectivity index is 1.51. The summed E-state index contributed by atoms with van der Waals surface area (Å²) in [6, 6.07) is 4.79. The number of esters is 1. The third-order valence-corrected chi connectivity index (χ3v) is 8.02. The molecule has 0 saturated carbocycles. The van der Waals surface area contributed by atoms with Gasteiger partial charge < -0.3 is 15.0 Å². The van der Waals surface area contributed by atoms with Gasteiger partial charge in [-0.3, -0.25) is 14.4 Å². The smallest absolute Gasteiger partial charge is 0.416 e. The molecule has 2 aliphatic carbocycles. The van der Waals surface area contributed by atoms with E-state index in [-0.39, 0.29) is 37.9 Å². The van der Waals surface area contributed by atoms with Crippen LogP contribution in [0.25, 0.3) is 0 Å². The molecule has 1 aliphatic heterocycles. The average Bonchev–Trinajstić information content (AvgIpc) is 2.92. The van der Waals surface area contributed by atoms with E-state index in [4.69, 9.17) is 4.74 Å². The minimum absolute atomic E-state index is 0.0876. The number of halogens is 3. The van der Waals surface area contributed by atoms with E-state index in [1.165, 1.54) is 24.1 Å². The van der Waals surface area contributed by atoms with Crippen LogP contribution >= 0.6 is 0 Å². The number of allylic oxidation sites excluding steroid dienone is 2. The minimum atomic E-state index is -4.47. The Kier molecular flexibility index (Phi) is 9.18. The molecular weight excluding hydrogens is 509 g/mol. The van der Waals surface area contributed by atoms with E-state index in [9.17, 15) is 27.6 Å². The number of piperidine rings is 1. The molecular formula is C30H37F3N2O4. The van der Waals surface area contributed by atoms with E-state index in [1.807, 2.05) is 6.08 Å². The molecule has 2 amide bonds. The van der Waals surface area contributed by atoms with Crippen LogP contribution < -0.4 is 5.32 Å². The number of carbonyl (C=O) groups is 3. The lowest BCUT2D eigenvalue weighted by atomic mass is 9.66. The summed E-state index contributed by atoms with van der Waals surface area (Å²) < 4.78 is 44.7. The predicted octanol–water partition coefficient (Wildman–Crippen LogP) is 6.07. The van der Waals surface area contributed by atoms with Gasteiger partial charge in [0.2, 0.25) is 11.8 Å². The van der Waals surface area contributed by atoms with Crippen molar-refractivity contribution in [3.63, 3.8) is 0 Å². The van der Waals surface area contributed by atoms with Crippen molar-refractivity contribution in [2.45, 2.75) is 83.9 Å². The number of rotatable bonds is 9. The van der Waals surface area contributed by atoms with Gasteiger partial charge in [0, 0.05) is 31.1 Å². The number of ether oxygens (including phenoxy) is 1. The summed E-state index contributed by atoms with van der Waals surface area (Å²) in [5.41, 5.74) is 0.571. The minimum Gasteiger partial charge on any atom is -0.465 e. The number of nitrogens with zero attached hydrogens (tertiary/aromatic N) is 1. The molecule has 2 atom stereocenters. The third kappa shape index (κ3) is 6.73. The molecule has 0 radical (unpaired) electrons. The fourth-order valence-corrected chi connectivity index (χ4v) is 6.08. The Morgan fingerprint density at radius 1 is 1.15 bits per heavy atom. The van der Waals surface area contributed by atoms with Crippen LogP contribution in [0.4, 0.5) is 13.2 Å². The highest BCUT2D eigenvalue weighted by molar-refractivity contribution is 5.92. The zero-order valence-corrected chi connectivity index (χ0v) is 22.4. The summed E-state index contributed by atoms with van der Waals surface area (Å²) in [6.45, 7) is 2.33. The van der Waals surface area contributed by atoms with Crippen molar-refractivity contribution >= 4 is 17.8 Å². The Hall–Kier alpha value is -3.10. The Labute approximate surface area is 227 Å². The van der Waals surface area contributed by atoms with E-state index in [2.05, 4.69) is 11.4 Å². The van der Waals surface area contributed by atoms with Gasteiger partial charge >= 0.3 is 12.1 Å². The molecule has 0 aromatic heterocycles. The van der Waals surface area contributed by atoms with Crippen molar-refractivity contribution in [3.8, 4) is 0 Å². The number of likely N-dealkylation sites (tertiary alicyclic amines) is 1. The third-order valence-electron chi connectivity index (χ3n) is 8.02. The van der Waals surface area contributed by atoms with Crippen LogP contribution in [0.15, 0.2) is 47.7 Å². The van der Waals surface area contributed by atoms with Gasteiger partial charge in [0.15, 0.2) is 0 Å². The highest BCUT2D eigenvalue weighted by atomic mass is 19.4. The second kappa shape index (κ2) is 12.4. The quantitative estimate of drug-likeness (QED) is 0.301. The molecule has 1 heterocycles. The first-order valence-electron chi connectivity index (χ1n) is 13.9. The van der Waals surface area contributed by atoms with Gasteiger partial charge in [-0.05, 0) is 82.4 Å². The normalized spacial score (nSPS) is 23.4. The molecule has 1 aromatic carbocycles. The van der Waals surface area contributed by atoms with E-state index >= 15 is 0 Å². The zero-order valence-electron chi connectivity index (χ0n) is 22.4. The summed E-state index contributed by atoms with van der Waals surface area (Å²) in [6.07, 6.45) is 6.94. The van der Waals surface area contributed by atoms with Crippen LogP contribution in [0.1, 0.15) is 82.3 Å². The molecule has 9 heteroatoms. The van der Waals surface area contributed by atoms with Gasteiger partial charge in [-0.15, -0.1) is 0 Å². The van der Waals surface area contributed by atoms with Gasteiger partial charge in [-0.25, -0.2) is 0 Å². The lowest BCUT2D eigenvalue weighted by Crippen LogP contribution is -2.54. The molecule has 39 heavy (non-hydrogen) atoms. The highest BCUT2D eigenvalue weighted by Crippen LogP contribution is 2.50. The van der Waals surface area contributed by atoms with Gasteiger partial charge in [0.1, 0.15) is 5.41 Å². The number of carbonyl (C=O) groups excluding carboxylic acids is 3. The molecule has 6 nitrogen and oxygen atoms in total. The maximum absolute atomic E-state index is 13.7. The number of benzene rings is 1. The molecule has 3 aliphatic rings. The van der Waals surface area contributed by atoms with Crippen molar-refractivity contribution in [3.05, 3.63) is 58.8 Å². The number of alkyl halides is 3. The van der Waals surface area contributed by atoms with E-state index in [0.29, 0.717) is 24.2 Å². The molecule has 1 fully saturated rings. The molecule has 1 N–H and O–H groups in total. The molecule has 0 unspecified atom stereocenters. The van der Waals surface area contributed by atoms with Gasteiger partial charge in [-0.2, -0.15) is 13.2 Å². The highest BCUT2D eigenvalue weighted by Gasteiger charge is 2.54. The fraction of sp³-hybridized carbons (Fsp3) is 0.567. The average molecular weight is 547 g/mol. The maximum Gasteiger partial charge on any atom is 0.416 e. The van der Waals surface area contributed by atoms with Crippen molar-refractivity contribution in [1.82, 2.24) is 10.2 Å². The zero-order chi connectivity index (χ0) is 28.0. The van der Waals surface area contributed by atoms with Crippen LogP contribution in [-0.2, 0) is 31.8 Å². The van der Waals surface area contributed by atoms with Crippen molar-refractivity contribution in [1.29, 1.82) is 0 Å². The number of hydrogen-bond donors (Lipinski definition) is 1.